The Morgan fingerprint density at radius 3 is 3.08 bits per heavy atom. The van der Waals surface area contributed by atoms with Gasteiger partial charge in [0, 0.05) is 24.4 Å². The highest BCUT2D eigenvalue weighted by Gasteiger charge is 2.25. The Kier molecular flexibility index (Phi) is 1.47. The van der Waals surface area contributed by atoms with Crippen molar-refractivity contribution in [2.24, 2.45) is 5.73 Å². The molecular weight excluding hydrogens is 160 g/mol. The van der Waals surface area contributed by atoms with Crippen molar-refractivity contribution in [2.45, 2.75) is 38.1 Å². The van der Waals surface area contributed by atoms with Crippen LogP contribution in [0.4, 0.5) is 0 Å². The van der Waals surface area contributed by atoms with Gasteiger partial charge in [0.1, 0.15) is 0 Å². The summed E-state index contributed by atoms with van der Waals surface area (Å²) in [5, 5.41) is 0. The molecule has 2 heteroatoms. The molecule has 2 aliphatic carbocycles. The van der Waals surface area contributed by atoms with Crippen LogP contribution < -0.4 is 5.73 Å². The third-order valence-corrected chi connectivity index (χ3v) is 3.27. The van der Waals surface area contributed by atoms with Gasteiger partial charge >= 0.3 is 0 Å². The Balaban J connectivity index is 2.16. The van der Waals surface area contributed by atoms with Gasteiger partial charge in [-0.15, -0.1) is 0 Å². The number of fused-ring (bicyclic) bond motifs is 3. The van der Waals surface area contributed by atoms with E-state index in [0.29, 0.717) is 6.04 Å². The summed E-state index contributed by atoms with van der Waals surface area (Å²) in [6, 6.07) is 0.328. The van der Waals surface area contributed by atoms with Crippen molar-refractivity contribution in [3.05, 3.63) is 28.6 Å². The van der Waals surface area contributed by atoms with Crippen molar-refractivity contribution in [1.29, 1.82) is 0 Å². The van der Waals surface area contributed by atoms with Crippen LogP contribution >= 0.6 is 0 Å². The molecule has 0 bridgehead atoms. The number of nitrogens with zero attached hydrogens (tertiary/aromatic N) is 1. The maximum atomic E-state index is 5.94. The Morgan fingerprint density at radius 2 is 2.15 bits per heavy atom. The van der Waals surface area contributed by atoms with E-state index >= 15 is 0 Å². The maximum Gasteiger partial charge on any atom is 0.0454 e. The first-order chi connectivity index (χ1) is 6.34. The second-order valence-electron chi connectivity index (χ2n) is 4.21. The predicted molar refractivity (Wildman–Crippen MR) is 51.6 cm³/mol. The molecule has 0 saturated carbocycles. The molecule has 0 radical (unpaired) electrons. The average molecular weight is 174 g/mol. The van der Waals surface area contributed by atoms with Crippen LogP contribution in [0.5, 0.6) is 0 Å². The molecule has 0 spiro atoms. The molecule has 0 aromatic carbocycles. The first kappa shape index (κ1) is 7.51. The smallest absolute Gasteiger partial charge is 0.0454 e. The second kappa shape index (κ2) is 2.55. The molecule has 1 heterocycles. The third kappa shape index (κ3) is 1.02. The summed E-state index contributed by atoms with van der Waals surface area (Å²) in [6.07, 6.45) is 7.91. The van der Waals surface area contributed by atoms with E-state index in [1.165, 1.54) is 36.1 Å². The van der Waals surface area contributed by atoms with Crippen molar-refractivity contribution >= 4 is 0 Å². The van der Waals surface area contributed by atoms with E-state index in [2.05, 4.69) is 11.2 Å². The molecule has 13 heavy (non-hydrogen) atoms. The van der Waals surface area contributed by atoms with Crippen molar-refractivity contribution in [3.63, 3.8) is 0 Å². The van der Waals surface area contributed by atoms with Gasteiger partial charge < -0.3 is 5.73 Å². The lowest BCUT2D eigenvalue weighted by Crippen LogP contribution is -2.19. The fourth-order valence-corrected chi connectivity index (χ4v) is 2.66. The van der Waals surface area contributed by atoms with Gasteiger partial charge in [0.25, 0.3) is 0 Å². The van der Waals surface area contributed by atoms with E-state index in [1.54, 1.807) is 5.56 Å². The number of pyridine rings is 1. The van der Waals surface area contributed by atoms with Gasteiger partial charge in [-0.2, -0.15) is 0 Å². The van der Waals surface area contributed by atoms with E-state index in [0.717, 1.165) is 12.8 Å². The Morgan fingerprint density at radius 1 is 1.23 bits per heavy atom. The summed E-state index contributed by atoms with van der Waals surface area (Å²) < 4.78 is 0. The summed E-state index contributed by atoms with van der Waals surface area (Å²) in [4.78, 5) is 4.50. The molecule has 0 aliphatic heterocycles. The highest BCUT2D eigenvalue weighted by molar-refractivity contribution is 5.42. The topological polar surface area (TPSA) is 38.9 Å². The van der Waals surface area contributed by atoms with Crippen LogP contribution in [-0.4, -0.2) is 11.0 Å². The van der Waals surface area contributed by atoms with E-state index in [1.807, 2.05) is 0 Å². The lowest BCUT2D eigenvalue weighted by Gasteiger charge is -2.05. The molecule has 1 aromatic heterocycles. The quantitative estimate of drug-likeness (QED) is 0.637. The highest BCUT2D eigenvalue weighted by atomic mass is 14.7. The molecule has 3 rings (SSSR count). The summed E-state index contributed by atoms with van der Waals surface area (Å²) in [6.45, 7) is 0. The number of hydrogen-bond donors (Lipinski definition) is 1. The van der Waals surface area contributed by atoms with Crippen molar-refractivity contribution in [1.82, 2.24) is 4.98 Å². The third-order valence-electron chi connectivity index (χ3n) is 3.27. The maximum absolute atomic E-state index is 5.94. The summed E-state index contributed by atoms with van der Waals surface area (Å²) >= 11 is 0. The first-order valence-electron chi connectivity index (χ1n) is 5.08. The largest absolute Gasteiger partial charge is 0.327 e. The zero-order chi connectivity index (χ0) is 8.84. The standard InChI is InChI=1S/C11H14N2/c12-8-4-10-9-3-1-2-7(9)6-13-11(10)5-8/h6,8H,1-5,12H2. The Labute approximate surface area is 78.2 Å². The summed E-state index contributed by atoms with van der Waals surface area (Å²) in [7, 11) is 0. The molecule has 1 unspecified atom stereocenters. The number of aryl methyl sites for hydroxylation is 1. The SMILES string of the molecule is NC1Cc2ncc3c(c2C1)CCC3. The fraction of sp³-hybridized carbons (Fsp3) is 0.545. The minimum atomic E-state index is 0.328. The van der Waals surface area contributed by atoms with Gasteiger partial charge in [0.2, 0.25) is 0 Å². The van der Waals surface area contributed by atoms with E-state index in [4.69, 9.17) is 5.73 Å². The van der Waals surface area contributed by atoms with Crippen LogP contribution in [0.1, 0.15) is 28.8 Å². The molecule has 0 amide bonds. The Bertz CT molecular complexity index is 357. The van der Waals surface area contributed by atoms with Crippen molar-refractivity contribution in [2.75, 3.05) is 0 Å². The molecule has 1 aromatic rings. The van der Waals surface area contributed by atoms with Crippen LogP contribution in [0.3, 0.4) is 0 Å². The molecule has 2 nitrogen and oxygen atoms in total. The van der Waals surface area contributed by atoms with Gasteiger partial charge in [-0.25, -0.2) is 0 Å². The normalized spacial score (nSPS) is 24.5. The van der Waals surface area contributed by atoms with E-state index in [9.17, 15) is 0 Å². The van der Waals surface area contributed by atoms with Crippen molar-refractivity contribution in [3.8, 4) is 0 Å². The van der Waals surface area contributed by atoms with Gasteiger partial charge in [-0.1, -0.05) is 0 Å². The lowest BCUT2D eigenvalue weighted by molar-refractivity contribution is 0.714. The molecular formula is C11H14N2. The van der Waals surface area contributed by atoms with Crippen LogP contribution in [0.2, 0.25) is 0 Å². The van der Waals surface area contributed by atoms with Gasteiger partial charge in [0.05, 0.1) is 0 Å². The van der Waals surface area contributed by atoms with Crippen LogP contribution in [0.15, 0.2) is 6.20 Å². The number of aromatic nitrogens is 1. The summed E-state index contributed by atoms with van der Waals surface area (Å²) in [5.74, 6) is 0. The fourth-order valence-electron chi connectivity index (χ4n) is 2.66. The zero-order valence-electron chi connectivity index (χ0n) is 7.71. The summed E-state index contributed by atoms with van der Waals surface area (Å²) in [5.41, 5.74) is 11.8. The lowest BCUT2D eigenvalue weighted by atomic mass is 10.0. The highest BCUT2D eigenvalue weighted by Crippen LogP contribution is 2.30. The second-order valence-corrected chi connectivity index (χ2v) is 4.21. The number of nitrogens with two attached hydrogens (primary N) is 1. The zero-order valence-corrected chi connectivity index (χ0v) is 7.71. The number of hydrogen-bond acceptors (Lipinski definition) is 2. The van der Waals surface area contributed by atoms with E-state index in [-0.39, 0.29) is 0 Å². The van der Waals surface area contributed by atoms with Gasteiger partial charge in [-0.05, 0) is 42.4 Å². The molecule has 1 atom stereocenters. The molecule has 2 aliphatic rings. The Hall–Kier alpha value is -0.890. The van der Waals surface area contributed by atoms with Gasteiger partial charge in [-0.3, -0.25) is 4.98 Å². The van der Waals surface area contributed by atoms with Crippen LogP contribution in [0, 0.1) is 0 Å². The molecule has 68 valence electrons. The minimum absolute atomic E-state index is 0.328. The van der Waals surface area contributed by atoms with Crippen molar-refractivity contribution < 1.29 is 0 Å². The van der Waals surface area contributed by atoms with Crippen LogP contribution in [-0.2, 0) is 25.7 Å². The minimum Gasteiger partial charge on any atom is -0.327 e. The van der Waals surface area contributed by atoms with Crippen LogP contribution in [0.25, 0.3) is 0 Å². The molecule has 0 saturated heterocycles. The average Bonchev–Trinajstić information content (AvgIpc) is 2.65. The first-order valence-corrected chi connectivity index (χ1v) is 5.08. The monoisotopic (exact) mass is 174 g/mol. The predicted octanol–water partition coefficient (Wildman–Crippen LogP) is 0.996. The molecule has 0 fully saturated rings. The van der Waals surface area contributed by atoms with Gasteiger partial charge in [0.15, 0.2) is 0 Å². The molecule has 2 N–H and O–H groups in total. The van der Waals surface area contributed by atoms with E-state index < -0.39 is 0 Å². The number of rotatable bonds is 0.